The zero-order valence-electron chi connectivity index (χ0n) is 9.83. The van der Waals surface area contributed by atoms with Gasteiger partial charge in [0.25, 0.3) is 0 Å². The van der Waals surface area contributed by atoms with Crippen LogP contribution in [0.1, 0.15) is 20.8 Å². The van der Waals surface area contributed by atoms with E-state index in [0.717, 1.165) is 0 Å². The molecule has 1 aromatic rings. The van der Waals surface area contributed by atoms with Gasteiger partial charge in [-0.1, -0.05) is 20.8 Å². The van der Waals surface area contributed by atoms with Crippen LogP contribution < -0.4 is 5.73 Å². The lowest BCUT2D eigenvalue weighted by Gasteiger charge is -2.13. The Morgan fingerprint density at radius 2 is 1.40 bits per heavy atom. The molecule has 0 saturated carbocycles. The van der Waals surface area contributed by atoms with E-state index in [9.17, 15) is 4.39 Å². The van der Waals surface area contributed by atoms with Crippen LogP contribution in [0, 0.1) is 5.82 Å². The molecule has 0 aliphatic carbocycles. The topological polar surface area (TPSA) is 29.3 Å². The van der Waals surface area contributed by atoms with Crippen molar-refractivity contribution in [3.05, 3.63) is 30.1 Å². The van der Waals surface area contributed by atoms with Gasteiger partial charge in [-0.25, -0.2) is 4.39 Å². The first-order valence-electron chi connectivity index (χ1n) is 5.37. The second kappa shape index (κ2) is 8.24. The fourth-order valence-corrected chi connectivity index (χ4v) is 1.13. The minimum absolute atomic E-state index is 0.251. The molecular weight excluding hydrogens is 191 g/mol. The summed E-state index contributed by atoms with van der Waals surface area (Å²) in [6, 6.07) is 5.70. The maximum Gasteiger partial charge on any atom is 0.123 e. The maximum atomic E-state index is 12.0. The highest BCUT2D eigenvalue weighted by atomic mass is 19.1. The van der Waals surface area contributed by atoms with Gasteiger partial charge in [-0.2, -0.15) is 0 Å². The summed E-state index contributed by atoms with van der Waals surface area (Å²) in [6.07, 6.45) is 0. The quantitative estimate of drug-likeness (QED) is 0.781. The van der Waals surface area contributed by atoms with Crippen LogP contribution in [-0.4, -0.2) is 24.5 Å². The van der Waals surface area contributed by atoms with Gasteiger partial charge < -0.3 is 10.6 Å². The molecule has 1 aromatic carbocycles. The number of halogens is 1. The number of nitrogens with zero attached hydrogens (tertiary/aromatic N) is 1. The Kier molecular flexibility index (Phi) is 7.64. The van der Waals surface area contributed by atoms with Crippen LogP contribution in [0.3, 0.4) is 0 Å². The summed E-state index contributed by atoms with van der Waals surface area (Å²) in [7, 11) is 0. The molecule has 1 rings (SSSR count). The van der Waals surface area contributed by atoms with Gasteiger partial charge in [0.15, 0.2) is 0 Å². The maximum absolute atomic E-state index is 12.0. The van der Waals surface area contributed by atoms with Crippen molar-refractivity contribution in [3.63, 3.8) is 0 Å². The molecule has 3 heteroatoms. The molecular formula is C12H21FN2. The van der Waals surface area contributed by atoms with Gasteiger partial charge in [0.05, 0.1) is 0 Å². The van der Waals surface area contributed by atoms with Gasteiger partial charge in [0, 0.05) is 5.69 Å². The average Bonchev–Trinajstić information content (AvgIpc) is 2.26. The molecule has 0 bridgehead atoms. The summed E-state index contributed by atoms with van der Waals surface area (Å²) < 4.78 is 12.0. The molecule has 0 atom stereocenters. The fourth-order valence-electron chi connectivity index (χ4n) is 1.13. The van der Waals surface area contributed by atoms with Crippen molar-refractivity contribution in [3.8, 4) is 0 Å². The predicted molar refractivity (Wildman–Crippen MR) is 64.3 cm³/mol. The van der Waals surface area contributed by atoms with E-state index in [0.29, 0.717) is 5.69 Å². The van der Waals surface area contributed by atoms with Gasteiger partial charge >= 0.3 is 0 Å². The molecule has 0 amide bonds. The predicted octanol–water partition coefficient (Wildman–Crippen LogP) is 2.76. The molecule has 0 spiro atoms. The first-order chi connectivity index (χ1) is 7.13. The summed E-state index contributed by atoms with van der Waals surface area (Å²) in [5, 5.41) is 0. The summed E-state index contributed by atoms with van der Waals surface area (Å²) in [4.78, 5) is 2.38. The first-order valence-corrected chi connectivity index (χ1v) is 5.37. The van der Waals surface area contributed by atoms with Crippen LogP contribution in [-0.2, 0) is 0 Å². The van der Waals surface area contributed by atoms with E-state index >= 15 is 0 Å². The molecule has 15 heavy (non-hydrogen) atoms. The standard InChI is InChI=1S/C6H6FN.C6H15N/c7-5-1-3-6(8)4-2-5;1-4-7(5-2)6-3/h1-4H,8H2;4-6H2,1-3H3. The Morgan fingerprint density at radius 1 is 1.00 bits per heavy atom. The summed E-state index contributed by atoms with van der Waals surface area (Å²) >= 11 is 0. The van der Waals surface area contributed by atoms with E-state index in [1.54, 1.807) is 0 Å². The van der Waals surface area contributed by atoms with Crippen molar-refractivity contribution in [2.75, 3.05) is 25.4 Å². The van der Waals surface area contributed by atoms with Crippen LogP contribution in [0.2, 0.25) is 0 Å². The molecule has 0 aliphatic heterocycles. The third kappa shape index (κ3) is 6.91. The van der Waals surface area contributed by atoms with Crippen molar-refractivity contribution in [2.24, 2.45) is 0 Å². The summed E-state index contributed by atoms with van der Waals surface area (Å²) in [6.45, 7) is 10.1. The highest BCUT2D eigenvalue weighted by Crippen LogP contribution is 2.01. The van der Waals surface area contributed by atoms with Gasteiger partial charge in [-0.05, 0) is 43.9 Å². The van der Waals surface area contributed by atoms with E-state index < -0.39 is 0 Å². The van der Waals surface area contributed by atoms with E-state index in [1.165, 1.54) is 43.9 Å². The first kappa shape index (κ1) is 13.9. The van der Waals surface area contributed by atoms with Crippen molar-refractivity contribution >= 4 is 5.69 Å². The van der Waals surface area contributed by atoms with E-state index in [4.69, 9.17) is 5.73 Å². The van der Waals surface area contributed by atoms with Crippen LogP contribution in [0.4, 0.5) is 10.1 Å². The number of nitrogen functional groups attached to an aromatic ring is 1. The zero-order chi connectivity index (χ0) is 11.7. The minimum Gasteiger partial charge on any atom is -0.399 e. The Labute approximate surface area is 91.9 Å². The number of anilines is 1. The highest BCUT2D eigenvalue weighted by Gasteiger charge is 1.89. The molecule has 0 heterocycles. The van der Waals surface area contributed by atoms with Crippen LogP contribution in [0.5, 0.6) is 0 Å². The molecule has 0 aliphatic rings. The summed E-state index contributed by atoms with van der Waals surface area (Å²) in [5.41, 5.74) is 5.85. The lowest BCUT2D eigenvalue weighted by molar-refractivity contribution is 0.321. The van der Waals surface area contributed by atoms with Crippen LogP contribution >= 0.6 is 0 Å². The summed E-state index contributed by atoms with van der Waals surface area (Å²) in [5.74, 6) is -0.251. The Balaban J connectivity index is 0.000000265. The molecule has 0 fully saturated rings. The largest absolute Gasteiger partial charge is 0.399 e. The number of hydrogen-bond acceptors (Lipinski definition) is 2. The van der Waals surface area contributed by atoms with Gasteiger partial charge in [-0.3, -0.25) is 0 Å². The molecule has 2 N–H and O–H groups in total. The van der Waals surface area contributed by atoms with Crippen molar-refractivity contribution in [1.82, 2.24) is 4.90 Å². The molecule has 0 radical (unpaired) electrons. The number of benzene rings is 1. The third-order valence-corrected chi connectivity index (χ3v) is 2.21. The van der Waals surface area contributed by atoms with Crippen LogP contribution in [0.25, 0.3) is 0 Å². The fraction of sp³-hybridized carbons (Fsp3) is 0.500. The van der Waals surface area contributed by atoms with E-state index in [2.05, 4.69) is 25.7 Å². The molecule has 0 unspecified atom stereocenters. The normalized spacial score (nSPS) is 9.67. The Morgan fingerprint density at radius 3 is 1.60 bits per heavy atom. The van der Waals surface area contributed by atoms with Gasteiger partial charge in [-0.15, -0.1) is 0 Å². The lowest BCUT2D eigenvalue weighted by Crippen LogP contribution is -2.21. The lowest BCUT2D eigenvalue weighted by atomic mass is 10.3. The third-order valence-electron chi connectivity index (χ3n) is 2.21. The second-order valence-electron chi connectivity index (χ2n) is 3.17. The molecule has 2 nitrogen and oxygen atoms in total. The van der Waals surface area contributed by atoms with Crippen molar-refractivity contribution in [2.45, 2.75) is 20.8 Å². The van der Waals surface area contributed by atoms with Gasteiger partial charge in [0.2, 0.25) is 0 Å². The van der Waals surface area contributed by atoms with E-state index in [1.807, 2.05) is 0 Å². The van der Waals surface area contributed by atoms with Crippen LogP contribution in [0.15, 0.2) is 24.3 Å². The number of nitrogens with two attached hydrogens (primary N) is 1. The number of rotatable bonds is 3. The highest BCUT2D eigenvalue weighted by molar-refractivity contribution is 5.36. The second-order valence-corrected chi connectivity index (χ2v) is 3.17. The van der Waals surface area contributed by atoms with E-state index in [-0.39, 0.29) is 5.82 Å². The number of hydrogen-bond donors (Lipinski definition) is 1. The van der Waals surface area contributed by atoms with Gasteiger partial charge in [0.1, 0.15) is 5.82 Å². The Hall–Kier alpha value is -1.09. The SMILES string of the molecule is CCN(CC)CC.Nc1ccc(F)cc1. The molecule has 0 saturated heterocycles. The average molecular weight is 212 g/mol. The zero-order valence-corrected chi connectivity index (χ0v) is 9.83. The van der Waals surface area contributed by atoms with Crippen molar-refractivity contribution < 1.29 is 4.39 Å². The monoisotopic (exact) mass is 212 g/mol. The minimum atomic E-state index is -0.251. The molecule has 0 aromatic heterocycles. The molecule has 86 valence electrons. The van der Waals surface area contributed by atoms with Crippen molar-refractivity contribution in [1.29, 1.82) is 0 Å². The Bertz CT molecular complexity index is 216. The smallest absolute Gasteiger partial charge is 0.123 e.